The van der Waals surface area contributed by atoms with Crippen LogP contribution >= 0.6 is 24.0 Å². The number of nitrogens with one attached hydrogen (secondary N) is 1. The SMILES string of the molecule is CCNC(=NCCc1ccc(C(=O)OC)cc1)N(C)CC1CCOC1.I. The zero-order valence-corrected chi connectivity index (χ0v) is 18.2. The van der Waals surface area contributed by atoms with E-state index in [4.69, 9.17) is 14.5 Å². The summed E-state index contributed by atoms with van der Waals surface area (Å²) in [6, 6.07) is 7.49. The van der Waals surface area contributed by atoms with Crippen LogP contribution in [-0.4, -0.2) is 63.8 Å². The maximum Gasteiger partial charge on any atom is 0.337 e. The summed E-state index contributed by atoms with van der Waals surface area (Å²) in [7, 11) is 3.46. The van der Waals surface area contributed by atoms with Crippen LogP contribution in [0.2, 0.25) is 0 Å². The summed E-state index contributed by atoms with van der Waals surface area (Å²) in [6.07, 6.45) is 1.95. The number of hydrogen-bond acceptors (Lipinski definition) is 4. The Morgan fingerprint density at radius 1 is 1.38 bits per heavy atom. The first-order valence-corrected chi connectivity index (χ1v) is 8.88. The van der Waals surface area contributed by atoms with E-state index >= 15 is 0 Å². The fraction of sp³-hybridized carbons (Fsp3) is 0.579. The molecule has 1 saturated heterocycles. The molecule has 146 valence electrons. The molecule has 26 heavy (non-hydrogen) atoms. The highest BCUT2D eigenvalue weighted by molar-refractivity contribution is 14.0. The second-order valence-corrected chi connectivity index (χ2v) is 6.28. The third kappa shape index (κ3) is 7.11. The minimum atomic E-state index is -0.309. The summed E-state index contributed by atoms with van der Waals surface area (Å²) in [4.78, 5) is 18.4. The lowest BCUT2D eigenvalue weighted by Crippen LogP contribution is -2.41. The Kier molecular flexibility index (Phi) is 10.6. The van der Waals surface area contributed by atoms with Crippen LogP contribution in [0.5, 0.6) is 0 Å². The molecule has 0 aliphatic carbocycles. The maximum absolute atomic E-state index is 11.5. The molecule has 1 unspecified atom stereocenters. The molecule has 1 aliphatic rings. The maximum atomic E-state index is 11.5. The Balaban J connectivity index is 0.00000338. The van der Waals surface area contributed by atoms with E-state index in [-0.39, 0.29) is 29.9 Å². The molecule has 0 bridgehead atoms. The van der Waals surface area contributed by atoms with Crippen LogP contribution in [-0.2, 0) is 15.9 Å². The fourth-order valence-electron chi connectivity index (χ4n) is 2.89. The van der Waals surface area contributed by atoms with Gasteiger partial charge in [-0.15, -0.1) is 24.0 Å². The summed E-state index contributed by atoms with van der Waals surface area (Å²) in [5.74, 6) is 1.21. The zero-order chi connectivity index (χ0) is 18.1. The predicted molar refractivity (Wildman–Crippen MR) is 114 cm³/mol. The molecule has 1 aromatic carbocycles. The molecular weight excluding hydrogens is 445 g/mol. The summed E-state index contributed by atoms with van der Waals surface area (Å²) >= 11 is 0. The molecule has 1 aromatic rings. The smallest absolute Gasteiger partial charge is 0.337 e. The van der Waals surface area contributed by atoms with Gasteiger partial charge in [-0.2, -0.15) is 0 Å². The molecule has 7 heteroatoms. The highest BCUT2D eigenvalue weighted by Gasteiger charge is 2.18. The number of esters is 1. The molecule has 1 N–H and O–H groups in total. The van der Waals surface area contributed by atoms with Gasteiger partial charge in [-0.25, -0.2) is 4.79 Å². The number of rotatable bonds is 7. The van der Waals surface area contributed by atoms with Crippen molar-refractivity contribution in [2.75, 3.05) is 47.0 Å². The normalized spacial score (nSPS) is 16.7. The minimum Gasteiger partial charge on any atom is -0.465 e. The van der Waals surface area contributed by atoms with Crippen molar-refractivity contribution in [2.24, 2.45) is 10.9 Å². The quantitative estimate of drug-likeness (QED) is 0.284. The van der Waals surface area contributed by atoms with Crippen LogP contribution in [0, 0.1) is 5.92 Å². The molecule has 0 saturated carbocycles. The first-order valence-electron chi connectivity index (χ1n) is 8.88. The number of nitrogens with zero attached hydrogens (tertiary/aromatic N) is 2. The highest BCUT2D eigenvalue weighted by Crippen LogP contribution is 2.13. The second kappa shape index (κ2) is 12.1. The molecule has 0 amide bonds. The van der Waals surface area contributed by atoms with Crippen LogP contribution in [0.15, 0.2) is 29.3 Å². The first kappa shape index (κ1) is 22.7. The van der Waals surface area contributed by atoms with Gasteiger partial charge >= 0.3 is 5.97 Å². The van der Waals surface area contributed by atoms with Gasteiger partial charge in [-0.1, -0.05) is 12.1 Å². The number of carbonyl (C=O) groups is 1. The second-order valence-electron chi connectivity index (χ2n) is 6.28. The lowest BCUT2D eigenvalue weighted by molar-refractivity contribution is 0.0600. The van der Waals surface area contributed by atoms with Crippen molar-refractivity contribution in [3.8, 4) is 0 Å². The average molecular weight is 475 g/mol. The minimum absolute atomic E-state index is 0. The van der Waals surface area contributed by atoms with Crippen molar-refractivity contribution >= 4 is 35.9 Å². The predicted octanol–water partition coefficient (Wildman–Crippen LogP) is 2.57. The molecule has 1 atom stereocenters. The van der Waals surface area contributed by atoms with Gasteiger partial charge in [-0.3, -0.25) is 4.99 Å². The standard InChI is InChI=1S/C19H29N3O3.HI/c1-4-20-19(22(2)13-16-10-12-25-14-16)21-11-9-15-5-7-17(8-6-15)18(23)24-3;/h5-8,16H,4,9-14H2,1-3H3,(H,20,21);1H. The van der Waals surface area contributed by atoms with E-state index < -0.39 is 0 Å². The molecule has 1 heterocycles. The molecule has 0 spiro atoms. The molecule has 6 nitrogen and oxygen atoms in total. The van der Waals surface area contributed by atoms with Gasteiger partial charge in [0.25, 0.3) is 0 Å². The van der Waals surface area contributed by atoms with Crippen LogP contribution in [0.4, 0.5) is 0 Å². The monoisotopic (exact) mass is 475 g/mol. The lowest BCUT2D eigenvalue weighted by atomic mass is 10.1. The van der Waals surface area contributed by atoms with E-state index in [2.05, 4.69) is 24.2 Å². The molecule has 0 aromatic heterocycles. The Morgan fingerprint density at radius 3 is 2.69 bits per heavy atom. The fourth-order valence-corrected chi connectivity index (χ4v) is 2.89. The van der Waals surface area contributed by atoms with Gasteiger partial charge in [0.05, 0.1) is 19.3 Å². The molecular formula is C19H30IN3O3. The first-order chi connectivity index (χ1) is 12.1. The third-order valence-corrected chi connectivity index (χ3v) is 4.29. The number of guanidine groups is 1. The number of benzene rings is 1. The van der Waals surface area contributed by atoms with E-state index in [1.165, 1.54) is 7.11 Å². The van der Waals surface area contributed by atoms with Crippen LogP contribution in [0.1, 0.15) is 29.3 Å². The highest BCUT2D eigenvalue weighted by atomic mass is 127. The van der Waals surface area contributed by atoms with Crippen molar-refractivity contribution in [3.63, 3.8) is 0 Å². The van der Waals surface area contributed by atoms with Gasteiger partial charge in [-0.05, 0) is 37.5 Å². The van der Waals surface area contributed by atoms with E-state index in [0.717, 1.165) is 50.7 Å². The van der Waals surface area contributed by atoms with Crippen molar-refractivity contribution in [1.82, 2.24) is 10.2 Å². The van der Waals surface area contributed by atoms with Crippen molar-refractivity contribution in [1.29, 1.82) is 0 Å². The van der Waals surface area contributed by atoms with Crippen molar-refractivity contribution < 1.29 is 14.3 Å². The van der Waals surface area contributed by atoms with E-state index in [0.29, 0.717) is 18.0 Å². The molecule has 0 radical (unpaired) electrons. The number of halogens is 1. The number of carbonyl (C=O) groups excluding carboxylic acids is 1. The number of hydrogen-bond donors (Lipinski definition) is 1. The molecule has 1 aliphatic heterocycles. The van der Waals surface area contributed by atoms with E-state index in [1.807, 2.05) is 12.1 Å². The molecule has 2 rings (SSSR count). The summed E-state index contributed by atoms with van der Waals surface area (Å²) in [6.45, 7) is 6.29. The largest absolute Gasteiger partial charge is 0.465 e. The summed E-state index contributed by atoms with van der Waals surface area (Å²) in [5, 5.41) is 3.35. The number of aliphatic imine (C=N–C) groups is 1. The Morgan fingerprint density at radius 2 is 2.12 bits per heavy atom. The third-order valence-electron chi connectivity index (χ3n) is 4.29. The van der Waals surface area contributed by atoms with Gasteiger partial charge in [0.1, 0.15) is 0 Å². The zero-order valence-electron chi connectivity index (χ0n) is 15.9. The van der Waals surface area contributed by atoms with Crippen LogP contribution < -0.4 is 5.32 Å². The molecule has 1 fully saturated rings. The summed E-state index contributed by atoms with van der Waals surface area (Å²) in [5.41, 5.74) is 1.72. The van der Waals surface area contributed by atoms with Gasteiger partial charge in [0.15, 0.2) is 5.96 Å². The Labute approximate surface area is 173 Å². The Bertz CT molecular complexity index is 572. The summed E-state index contributed by atoms with van der Waals surface area (Å²) < 4.78 is 10.2. The van der Waals surface area contributed by atoms with Crippen LogP contribution in [0.3, 0.4) is 0 Å². The van der Waals surface area contributed by atoms with Gasteiger partial charge in [0, 0.05) is 39.2 Å². The Hall–Kier alpha value is -1.35. The average Bonchev–Trinajstić information content (AvgIpc) is 3.13. The van der Waals surface area contributed by atoms with E-state index in [9.17, 15) is 4.79 Å². The van der Waals surface area contributed by atoms with Gasteiger partial charge < -0.3 is 19.7 Å². The number of methoxy groups -OCH3 is 1. The van der Waals surface area contributed by atoms with E-state index in [1.54, 1.807) is 12.1 Å². The van der Waals surface area contributed by atoms with Gasteiger partial charge in [0.2, 0.25) is 0 Å². The van der Waals surface area contributed by atoms with Crippen molar-refractivity contribution in [3.05, 3.63) is 35.4 Å². The van der Waals surface area contributed by atoms with Crippen molar-refractivity contribution in [2.45, 2.75) is 19.8 Å². The topological polar surface area (TPSA) is 63.2 Å². The lowest BCUT2D eigenvalue weighted by Gasteiger charge is -2.24. The van der Waals surface area contributed by atoms with Crippen LogP contribution in [0.25, 0.3) is 0 Å². The number of ether oxygens (including phenoxy) is 2.